The van der Waals surface area contributed by atoms with Gasteiger partial charge in [0.1, 0.15) is 0 Å². The molecule has 0 aromatic heterocycles. The van der Waals surface area contributed by atoms with E-state index in [0.717, 1.165) is 25.5 Å². The predicted molar refractivity (Wildman–Crippen MR) is 61.9 cm³/mol. The van der Waals surface area contributed by atoms with Gasteiger partial charge in [-0.1, -0.05) is 26.2 Å². The van der Waals surface area contributed by atoms with Gasteiger partial charge in [0.25, 0.3) is 0 Å². The minimum atomic E-state index is -0.349. The molecule has 0 spiro atoms. The fraction of sp³-hybridized carbons (Fsp3) is 1.00. The van der Waals surface area contributed by atoms with Gasteiger partial charge in [-0.3, -0.25) is 0 Å². The zero-order chi connectivity index (χ0) is 10.9. The van der Waals surface area contributed by atoms with Crippen molar-refractivity contribution in [2.24, 2.45) is 5.92 Å². The topological polar surface area (TPSA) is 41.5 Å². The summed E-state index contributed by atoms with van der Waals surface area (Å²) in [6.07, 6.45) is 6.09. The SMILES string of the molecule is CCCNCC(O)COCCC1CCC1. The van der Waals surface area contributed by atoms with Crippen molar-refractivity contribution in [2.75, 3.05) is 26.3 Å². The minimum Gasteiger partial charge on any atom is -0.389 e. The molecule has 1 aliphatic carbocycles. The van der Waals surface area contributed by atoms with Crippen molar-refractivity contribution in [3.05, 3.63) is 0 Å². The highest BCUT2D eigenvalue weighted by molar-refractivity contribution is 4.69. The lowest BCUT2D eigenvalue weighted by atomic mass is 9.83. The van der Waals surface area contributed by atoms with Gasteiger partial charge in [-0.25, -0.2) is 0 Å². The first-order valence-electron chi connectivity index (χ1n) is 6.29. The number of aliphatic hydroxyl groups is 1. The Morgan fingerprint density at radius 1 is 1.47 bits per heavy atom. The van der Waals surface area contributed by atoms with Gasteiger partial charge >= 0.3 is 0 Å². The third-order valence-corrected chi connectivity index (χ3v) is 3.01. The summed E-state index contributed by atoms with van der Waals surface area (Å²) in [5.41, 5.74) is 0. The monoisotopic (exact) mass is 215 g/mol. The van der Waals surface area contributed by atoms with Gasteiger partial charge < -0.3 is 15.2 Å². The fourth-order valence-electron chi connectivity index (χ4n) is 1.76. The largest absolute Gasteiger partial charge is 0.389 e. The molecule has 0 aromatic carbocycles. The molecule has 1 fully saturated rings. The van der Waals surface area contributed by atoms with Crippen LogP contribution in [0.4, 0.5) is 0 Å². The summed E-state index contributed by atoms with van der Waals surface area (Å²) < 4.78 is 5.44. The molecule has 2 N–H and O–H groups in total. The highest BCUT2D eigenvalue weighted by Gasteiger charge is 2.16. The molecule has 0 radical (unpaired) electrons. The number of ether oxygens (including phenoxy) is 1. The fourth-order valence-corrected chi connectivity index (χ4v) is 1.76. The summed E-state index contributed by atoms with van der Waals surface area (Å²) in [4.78, 5) is 0. The second-order valence-corrected chi connectivity index (χ2v) is 4.52. The second kappa shape index (κ2) is 8.08. The molecule has 0 heterocycles. The van der Waals surface area contributed by atoms with Crippen LogP contribution in [0.25, 0.3) is 0 Å². The van der Waals surface area contributed by atoms with Gasteiger partial charge in [-0.2, -0.15) is 0 Å². The molecular formula is C12H25NO2. The van der Waals surface area contributed by atoms with Crippen molar-refractivity contribution < 1.29 is 9.84 Å². The van der Waals surface area contributed by atoms with Crippen LogP contribution in [0.5, 0.6) is 0 Å². The van der Waals surface area contributed by atoms with E-state index in [0.29, 0.717) is 13.2 Å². The van der Waals surface area contributed by atoms with E-state index in [1.165, 1.54) is 25.7 Å². The second-order valence-electron chi connectivity index (χ2n) is 4.52. The van der Waals surface area contributed by atoms with E-state index < -0.39 is 0 Å². The molecular weight excluding hydrogens is 190 g/mol. The van der Waals surface area contributed by atoms with Crippen molar-refractivity contribution in [2.45, 2.75) is 45.1 Å². The number of hydrogen-bond acceptors (Lipinski definition) is 3. The third-order valence-electron chi connectivity index (χ3n) is 3.01. The van der Waals surface area contributed by atoms with Crippen LogP contribution in [0.2, 0.25) is 0 Å². The normalized spacial score (nSPS) is 18.8. The molecule has 0 saturated heterocycles. The van der Waals surface area contributed by atoms with Crippen molar-refractivity contribution in [3.63, 3.8) is 0 Å². The molecule has 0 aromatic rings. The average Bonchev–Trinajstić information content (AvgIpc) is 2.15. The summed E-state index contributed by atoms with van der Waals surface area (Å²) >= 11 is 0. The average molecular weight is 215 g/mol. The molecule has 1 rings (SSSR count). The van der Waals surface area contributed by atoms with E-state index in [4.69, 9.17) is 4.74 Å². The van der Waals surface area contributed by atoms with Gasteiger partial charge in [-0.15, -0.1) is 0 Å². The van der Waals surface area contributed by atoms with Gasteiger partial charge in [-0.05, 0) is 25.3 Å². The summed E-state index contributed by atoms with van der Waals surface area (Å²) in [7, 11) is 0. The summed E-state index contributed by atoms with van der Waals surface area (Å²) in [6, 6.07) is 0. The lowest BCUT2D eigenvalue weighted by Gasteiger charge is -2.25. The number of rotatable bonds is 9. The van der Waals surface area contributed by atoms with Crippen LogP contribution in [0, 0.1) is 5.92 Å². The number of hydrogen-bond donors (Lipinski definition) is 2. The molecule has 90 valence electrons. The summed E-state index contributed by atoms with van der Waals surface area (Å²) in [5, 5.41) is 12.7. The number of nitrogens with one attached hydrogen (secondary N) is 1. The predicted octanol–water partition coefficient (Wildman–Crippen LogP) is 1.55. The Balaban J connectivity index is 1.81. The van der Waals surface area contributed by atoms with Crippen molar-refractivity contribution in [3.8, 4) is 0 Å². The van der Waals surface area contributed by atoms with Gasteiger partial charge in [0, 0.05) is 13.2 Å². The van der Waals surface area contributed by atoms with E-state index in [1.54, 1.807) is 0 Å². The quantitative estimate of drug-likeness (QED) is 0.573. The lowest BCUT2D eigenvalue weighted by molar-refractivity contribution is 0.0278. The van der Waals surface area contributed by atoms with Crippen molar-refractivity contribution in [1.82, 2.24) is 5.32 Å². The molecule has 1 saturated carbocycles. The van der Waals surface area contributed by atoms with E-state index in [9.17, 15) is 5.11 Å². The minimum absolute atomic E-state index is 0.349. The Morgan fingerprint density at radius 2 is 2.27 bits per heavy atom. The maximum absolute atomic E-state index is 9.52. The van der Waals surface area contributed by atoms with E-state index in [-0.39, 0.29) is 6.10 Å². The molecule has 15 heavy (non-hydrogen) atoms. The first kappa shape index (κ1) is 12.9. The standard InChI is InChI=1S/C12H25NO2/c1-2-7-13-9-12(14)10-15-8-6-11-4-3-5-11/h11-14H,2-10H2,1H3. The zero-order valence-corrected chi connectivity index (χ0v) is 9.87. The number of aliphatic hydroxyl groups excluding tert-OH is 1. The highest BCUT2D eigenvalue weighted by Crippen LogP contribution is 2.28. The molecule has 0 bridgehead atoms. The summed E-state index contributed by atoms with van der Waals surface area (Å²) in [6.45, 7) is 5.03. The smallest absolute Gasteiger partial charge is 0.0897 e. The molecule has 0 amide bonds. The maximum atomic E-state index is 9.52. The van der Waals surface area contributed by atoms with Crippen LogP contribution in [-0.4, -0.2) is 37.5 Å². The molecule has 0 aliphatic heterocycles. The Bertz CT molecular complexity index is 149. The van der Waals surface area contributed by atoms with Gasteiger partial charge in [0.05, 0.1) is 12.7 Å². The molecule has 1 atom stereocenters. The van der Waals surface area contributed by atoms with Crippen LogP contribution in [-0.2, 0) is 4.74 Å². The Morgan fingerprint density at radius 3 is 2.87 bits per heavy atom. The van der Waals surface area contributed by atoms with E-state index >= 15 is 0 Å². The molecule has 1 aliphatic rings. The Labute approximate surface area is 93.2 Å². The first-order valence-corrected chi connectivity index (χ1v) is 6.29. The Kier molecular flexibility index (Phi) is 6.98. The first-order chi connectivity index (χ1) is 7.33. The van der Waals surface area contributed by atoms with Crippen LogP contribution in [0.1, 0.15) is 39.0 Å². The van der Waals surface area contributed by atoms with Gasteiger partial charge in [0.2, 0.25) is 0 Å². The maximum Gasteiger partial charge on any atom is 0.0897 e. The van der Waals surface area contributed by atoms with Crippen molar-refractivity contribution in [1.29, 1.82) is 0 Å². The van der Waals surface area contributed by atoms with Crippen LogP contribution >= 0.6 is 0 Å². The Hall–Kier alpha value is -0.120. The van der Waals surface area contributed by atoms with Crippen LogP contribution in [0.3, 0.4) is 0 Å². The van der Waals surface area contributed by atoms with E-state index in [1.807, 2.05) is 0 Å². The molecule has 3 nitrogen and oxygen atoms in total. The van der Waals surface area contributed by atoms with Crippen LogP contribution < -0.4 is 5.32 Å². The van der Waals surface area contributed by atoms with E-state index in [2.05, 4.69) is 12.2 Å². The molecule has 3 heteroatoms. The lowest BCUT2D eigenvalue weighted by Crippen LogP contribution is -2.31. The highest BCUT2D eigenvalue weighted by atomic mass is 16.5. The zero-order valence-electron chi connectivity index (χ0n) is 9.87. The van der Waals surface area contributed by atoms with Crippen LogP contribution in [0.15, 0.2) is 0 Å². The summed E-state index contributed by atoms with van der Waals surface area (Å²) in [5.74, 6) is 0.903. The van der Waals surface area contributed by atoms with Gasteiger partial charge in [0.15, 0.2) is 0 Å². The molecule has 1 unspecified atom stereocenters. The van der Waals surface area contributed by atoms with Crippen molar-refractivity contribution >= 4 is 0 Å². The third kappa shape index (κ3) is 6.13.